The number of hydrogen-bond acceptors (Lipinski definition) is 2. The Morgan fingerprint density at radius 3 is 3.07 bits per heavy atom. The zero-order valence-corrected chi connectivity index (χ0v) is 7.44. The summed E-state index contributed by atoms with van der Waals surface area (Å²) in [5.74, 6) is 0. The summed E-state index contributed by atoms with van der Waals surface area (Å²) in [5, 5.41) is 2.05. The summed E-state index contributed by atoms with van der Waals surface area (Å²) in [6.45, 7) is 0. The van der Waals surface area contributed by atoms with Gasteiger partial charge in [0.1, 0.15) is 0 Å². The van der Waals surface area contributed by atoms with Crippen LogP contribution in [0, 0.1) is 6.07 Å². The standard InChI is InChI=1S/C12H7N2/c1-2-6-11-10(5-1)12-9(8-14-11)4-3-7-13-12/h1-4,6-8H. The van der Waals surface area contributed by atoms with Gasteiger partial charge in [-0.15, -0.1) is 0 Å². The highest BCUT2D eigenvalue weighted by atomic mass is 14.7. The van der Waals surface area contributed by atoms with E-state index >= 15 is 0 Å². The molecule has 14 heavy (non-hydrogen) atoms. The fourth-order valence-electron chi connectivity index (χ4n) is 1.60. The maximum absolute atomic E-state index is 4.34. The Morgan fingerprint density at radius 1 is 1.07 bits per heavy atom. The summed E-state index contributed by atoms with van der Waals surface area (Å²) in [7, 11) is 0. The third-order valence-electron chi connectivity index (χ3n) is 2.25. The number of benzene rings is 1. The van der Waals surface area contributed by atoms with E-state index in [4.69, 9.17) is 0 Å². The minimum Gasteiger partial charge on any atom is -0.255 e. The Bertz CT molecular complexity index is 547. The van der Waals surface area contributed by atoms with Gasteiger partial charge in [-0.05, 0) is 24.3 Å². The molecule has 0 bridgehead atoms. The normalized spacial score (nSPS) is 10.9. The molecule has 2 heteroatoms. The van der Waals surface area contributed by atoms with Crippen LogP contribution in [0.3, 0.4) is 0 Å². The summed E-state index contributed by atoms with van der Waals surface area (Å²) in [4.78, 5) is 8.68. The highest BCUT2D eigenvalue weighted by Crippen LogP contribution is 2.19. The van der Waals surface area contributed by atoms with E-state index in [1.165, 1.54) is 0 Å². The maximum Gasteiger partial charge on any atom is 0.0817 e. The molecule has 0 atom stereocenters. The van der Waals surface area contributed by atoms with Crippen LogP contribution in [0.2, 0.25) is 0 Å². The molecule has 0 unspecified atom stereocenters. The molecule has 65 valence electrons. The molecule has 0 saturated heterocycles. The van der Waals surface area contributed by atoms with E-state index in [-0.39, 0.29) is 0 Å². The van der Waals surface area contributed by atoms with Crippen molar-refractivity contribution in [3.05, 3.63) is 48.8 Å². The second-order valence-electron chi connectivity index (χ2n) is 3.13. The molecule has 0 fully saturated rings. The number of fused-ring (bicyclic) bond motifs is 3. The van der Waals surface area contributed by atoms with Crippen molar-refractivity contribution >= 4 is 21.8 Å². The largest absolute Gasteiger partial charge is 0.255 e. The van der Waals surface area contributed by atoms with Gasteiger partial charge in [-0.25, -0.2) is 0 Å². The molecule has 0 aliphatic carbocycles. The van der Waals surface area contributed by atoms with Gasteiger partial charge >= 0.3 is 0 Å². The molecule has 0 N–H and O–H groups in total. The predicted molar refractivity (Wildman–Crippen MR) is 55.9 cm³/mol. The van der Waals surface area contributed by atoms with Gasteiger partial charge < -0.3 is 0 Å². The van der Waals surface area contributed by atoms with Gasteiger partial charge in [0, 0.05) is 23.2 Å². The van der Waals surface area contributed by atoms with E-state index in [9.17, 15) is 0 Å². The van der Waals surface area contributed by atoms with Gasteiger partial charge in [-0.1, -0.05) is 12.1 Å². The van der Waals surface area contributed by atoms with Gasteiger partial charge in [0.15, 0.2) is 0 Å². The Balaban J connectivity index is 2.61. The summed E-state index contributed by atoms with van der Waals surface area (Å²) in [6.07, 6.45) is 3.64. The molecule has 0 aliphatic rings. The van der Waals surface area contributed by atoms with Crippen molar-refractivity contribution in [1.82, 2.24) is 9.97 Å². The lowest BCUT2D eigenvalue weighted by molar-refractivity contribution is 1.38. The maximum atomic E-state index is 4.34. The van der Waals surface area contributed by atoms with Gasteiger partial charge in [0.2, 0.25) is 0 Å². The molecule has 1 aromatic carbocycles. The van der Waals surface area contributed by atoms with Crippen molar-refractivity contribution < 1.29 is 0 Å². The molecular weight excluding hydrogens is 172 g/mol. The number of aromatic nitrogens is 2. The molecule has 0 spiro atoms. The van der Waals surface area contributed by atoms with Crippen molar-refractivity contribution in [2.75, 3.05) is 0 Å². The van der Waals surface area contributed by atoms with Crippen LogP contribution in [0.15, 0.2) is 42.7 Å². The van der Waals surface area contributed by atoms with Crippen LogP contribution in [0.4, 0.5) is 0 Å². The monoisotopic (exact) mass is 179 g/mol. The zero-order valence-electron chi connectivity index (χ0n) is 7.44. The number of nitrogens with zero attached hydrogens (tertiary/aromatic N) is 2. The first-order valence-corrected chi connectivity index (χ1v) is 4.45. The first-order chi connectivity index (χ1) is 6.95. The van der Waals surface area contributed by atoms with Crippen LogP contribution >= 0.6 is 0 Å². The van der Waals surface area contributed by atoms with Crippen molar-refractivity contribution in [2.24, 2.45) is 0 Å². The highest BCUT2D eigenvalue weighted by molar-refractivity contribution is 6.02. The second-order valence-corrected chi connectivity index (χ2v) is 3.13. The van der Waals surface area contributed by atoms with Crippen LogP contribution < -0.4 is 0 Å². The van der Waals surface area contributed by atoms with Crippen LogP contribution in [0.1, 0.15) is 0 Å². The first-order valence-electron chi connectivity index (χ1n) is 4.45. The number of hydrogen-bond donors (Lipinski definition) is 0. The van der Waals surface area contributed by atoms with Gasteiger partial charge in [0.25, 0.3) is 0 Å². The highest BCUT2D eigenvalue weighted by Gasteiger charge is 2.00. The lowest BCUT2D eigenvalue weighted by Crippen LogP contribution is -1.83. The average Bonchev–Trinajstić information content (AvgIpc) is 2.29. The lowest BCUT2D eigenvalue weighted by Gasteiger charge is -1.99. The molecule has 3 rings (SSSR count). The number of pyridine rings is 2. The zero-order chi connectivity index (χ0) is 9.38. The Hall–Kier alpha value is -1.96. The summed E-state index contributed by atoms with van der Waals surface area (Å²) >= 11 is 0. The quantitative estimate of drug-likeness (QED) is 0.496. The Labute approximate surface area is 81.2 Å². The third-order valence-corrected chi connectivity index (χ3v) is 2.25. The van der Waals surface area contributed by atoms with Gasteiger partial charge in [0.05, 0.1) is 11.0 Å². The molecule has 2 aromatic heterocycles. The van der Waals surface area contributed by atoms with Crippen molar-refractivity contribution in [3.8, 4) is 0 Å². The molecule has 2 heterocycles. The van der Waals surface area contributed by atoms with E-state index < -0.39 is 0 Å². The molecule has 0 saturated carbocycles. The fourth-order valence-corrected chi connectivity index (χ4v) is 1.60. The third kappa shape index (κ3) is 0.973. The average molecular weight is 179 g/mol. The van der Waals surface area contributed by atoms with Crippen molar-refractivity contribution in [3.63, 3.8) is 0 Å². The lowest BCUT2D eigenvalue weighted by atomic mass is 10.1. The Morgan fingerprint density at radius 2 is 2.07 bits per heavy atom. The summed E-state index contributed by atoms with van der Waals surface area (Å²) in [6, 6.07) is 12.9. The first kappa shape index (κ1) is 7.44. The van der Waals surface area contributed by atoms with Gasteiger partial charge in [-0.2, -0.15) is 0 Å². The molecule has 2 nitrogen and oxygen atoms in total. The van der Waals surface area contributed by atoms with E-state index in [0.29, 0.717) is 0 Å². The molecule has 3 aromatic rings. The fraction of sp³-hybridized carbons (Fsp3) is 0. The predicted octanol–water partition coefficient (Wildman–Crippen LogP) is 2.58. The van der Waals surface area contributed by atoms with E-state index in [2.05, 4.69) is 16.0 Å². The minimum atomic E-state index is 0.943. The second kappa shape index (κ2) is 2.77. The number of rotatable bonds is 0. The summed E-state index contributed by atoms with van der Waals surface area (Å²) in [5.41, 5.74) is 1.91. The van der Waals surface area contributed by atoms with Crippen LogP contribution in [-0.4, -0.2) is 9.97 Å². The summed E-state index contributed by atoms with van der Waals surface area (Å²) < 4.78 is 0. The molecule has 1 radical (unpaired) electrons. The van der Waals surface area contributed by atoms with E-state index in [1.54, 1.807) is 6.20 Å². The molecular formula is C12H7N2. The smallest absolute Gasteiger partial charge is 0.0817 e. The van der Waals surface area contributed by atoms with Crippen LogP contribution in [0.25, 0.3) is 21.8 Å². The Kier molecular flexibility index (Phi) is 1.47. The van der Waals surface area contributed by atoms with Gasteiger partial charge in [-0.3, -0.25) is 9.97 Å². The molecule has 0 aliphatic heterocycles. The van der Waals surface area contributed by atoms with Crippen LogP contribution in [-0.2, 0) is 0 Å². The van der Waals surface area contributed by atoms with Crippen molar-refractivity contribution in [1.29, 1.82) is 0 Å². The van der Waals surface area contributed by atoms with Crippen molar-refractivity contribution in [2.45, 2.75) is 0 Å². The topological polar surface area (TPSA) is 25.8 Å². The molecule has 0 amide bonds. The SMILES string of the molecule is [c]1cccc2ncc3cccnc3c12. The van der Waals surface area contributed by atoms with E-state index in [0.717, 1.165) is 21.8 Å². The van der Waals surface area contributed by atoms with E-state index in [1.807, 2.05) is 36.5 Å². The minimum absolute atomic E-state index is 0.943. The van der Waals surface area contributed by atoms with Crippen LogP contribution in [0.5, 0.6) is 0 Å².